The van der Waals surface area contributed by atoms with Crippen molar-refractivity contribution in [3.8, 4) is 0 Å². The first-order chi connectivity index (χ1) is 7.26. The molecule has 0 aromatic carbocycles. The molecule has 1 fully saturated rings. The van der Waals surface area contributed by atoms with Crippen LogP contribution in [0, 0.1) is 11.8 Å². The van der Waals surface area contributed by atoms with Gasteiger partial charge in [-0.15, -0.1) is 0 Å². The molecular weight excluding hydrogens is 243 g/mol. The molecule has 16 heavy (non-hydrogen) atoms. The molecule has 2 bridgehead atoms. The Hall–Kier alpha value is -0.850. The summed E-state index contributed by atoms with van der Waals surface area (Å²) in [5.41, 5.74) is -5.31. The monoisotopic (exact) mass is 255 g/mol. The molecule has 2 rings (SSSR count). The van der Waals surface area contributed by atoms with Gasteiger partial charge in [-0.25, -0.2) is 0 Å². The van der Waals surface area contributed by atoms with Crippen molar-refractivity contribution in [2.24, 2.45) is 16.2 Å². The summed E-state index contributed by atoms with van der Waals surface area (Å²) in [6.45, 7) is 2.24. The molecule has 7 heteroatoms. The number of sulfonamides is 1. The number of hydrogen-bond acceptors (Lipinski definition) is 2. The van der Waals surface area contributed by atoms with Crippen LogP contribution in [0.5, 0.6) is 0 Å². The SMILES string of the molecule is C1=CC2CCC1C2.C=NS(=O)(=O)C(F)(F)F. The van der Waals surface area contributed by atoms with Crippen molar-refractivity contribution < 1.29 is 21.6 Å². The summed E-state index contributed by atoms with van der Waals surface area (Å²) in [6, 6.07) is 0. The molecule has 92 valence electrons. The van der Waals surface area contributed by atoms with Crippen molar-refractivity contribution in [2.45, 2.75) is 24.8 Å². The van der Waals surface area contributed by atoms with Crippen LogP contribution in [-0.2, 0) is 10.0 Å². The Kier molecular flexibility index (Phi) is 3.77. The summed E-state index contributed by atoms with van der Waals surface area (Å²) in [5, 5.41) is 0. The molecule has 0 saturated heterocycles. The van der Waals surface area contributed by atoms with Gasteiger partial charge in [-0.3, -0.25) is 0 Å². The number of nitrogens with zero attached hydrogens (tertiary/aromatic N) is 1. The third kappa shape index (κ3) is 3.07. The minimum atomic E-state index is -5.32. The topological polar surface area (TPSA) is 46.5 Å². The number of fused-ring (bicyclic) bond motifs is 2. The molecule has 0 amide bonds. The molecule has 2 unspecified atom stereocenters. The number of hydrogen-bond donors (Lipinski definition) is 0. The van der Waals surface area contributed by atoms with Crippen molar-refractivity contribution in [3.05, 3.63) is 12.2 Å². The standard InChI is InChI=1S/C7H10.C2H2F3NO2S/c1-2-7-4-3-6(1)5-7;1-6-9(7,8)2(3,4)5/h1-2,6-7H,3-5H2;1H2. The minimum absolute atomic E-state index is 0.991. The van der Waals surface area contributed by atoms with E-state index in [1.54, 1.807) is 0 Å². The van der Waals surface area contributed by atoms with E-state index in [1.807, 2.05) is 4.40 Å². The van der Waals surface area contributed by atoms with E-state index in [0.29, 0.717) is 0 Å². The summed E-state index contributed by atoms with van der Waals surface area (Å²) < 4.78 is 54.6. The summed E-state index contributed by atoms with van der Waals surface area (Å²) in [4.78, 5) is 0. The molecule has 0 aromatic rings. The van der Waals surface area contributed by atoms with E-state index in [9.17, 15) is 21.6 Å². The Morgan fingerprint density at radius 2 is 1.62 bits per heavy atom. The Balaban J connectivity index is 0.000000163. The van der Waals surface area contributed by atoms with E-state index in [1.165, 1.54) is 19.3 Å². The Bertz CT molecular complexity index is 374. The second kappa shape index (κ2) is 4.57. The third-order valence-electron chi connectivity index (χ3n) is 2.63. The third-order valence-corrected chi connectivity index (χ3v) is 3.56. The van der Waals surface area contributed by atoms with E-state index < -0.39 is 15.5 Å². The molecule has 0 aliphatic heterocycles. The van der Waals surface area contributed by atoms with Gasteiger partial charge in [-0.1, -0.05) is 12.2 Å². The van der Waals surface area contributed by atoms with E-state index >= 15 is 0 Å². The predicted octanol–water partition coefficient (Wildman–Crippen LogP) is 2.51. The van der Waals surface area contributed by atoms with Crippen LogP contribution in [-0.4, -0.2) is 20.6 Å². The van der Waals surface area contributed by atoms with Gasteiger partial charge in [0.25, 0.3) is 0 Å². The van der Waals surface area contributed by atoms with Crippen LogP contribution < -0.4 is 0 Å². The fourth-order valence-electron chi connectivity index (χ4n) is 1.79. The highest BCUT2D eigenvalue weighted by Crippen LogP contribution is 2.38. The first-order valence-corrected chi connectivity index (χ1v) is 6.18. The van der Waals surface area contributed by atoms with E-state index in [4.69, 9.17) is 0 Å². The van der Waals surface area contributed by atoms with Crippen molar-refractivity contribution in [1.29, 1.82) is 0 Å². The van der Waals surface area contributed by atoms with Gasteiger partial charge in [0.05, 0.1) is 0 Å². The van der Waals surface area contributed by atoms with Gasteiger partial charge in [0.2, 0.25) is 0 Å². The lowest BCUT2D eigenvalue weighted by atomic mass is 10.1. The van der Waals surface area contributed by atoms with Gasteiger partial charge in [-0.2, -0.15) is 26.0 Å². The first kappa shape index (κ1) is 13.2. The molecular formula is C9H12F3NO2S. The van der Waals surface area contributed by atoms with Gasteiger partial charge in [0.15, 0.2) is 0 Å². The van der Waals surface area contributed by atoms with Crippen LogP contribution in [0.3, 0.4) is 0 Å². The minimum Gasteiger partial charge on any atom is -0.195 e. The largest absolute Gasteiger partial charge is 0.518 e. The fourth-order valence-corrected chi connectivity index (χ4v) is 1.94. The van der Waals surface area contributed by atoms with Gasteiger partial charge in [0.1, 0.15) is 0 Å². The molecule has 3 nitrogen and oxygen atoms in total. The lowest BCUT2D eigenvalue weighted by molar-refractivity contribution is -0.0434. The van der Waals surface area contributed by atoms with E-state index in [-0.39, 0.29) is 0 Å². The molecule has 0 N–H and O–H groups in total. The van der Waals surface area contributed by atoms with Crippen LogP contribution in [0.15, 0.2) is 16.5 Å². The zero-order chi connectivity index (χ0) is 12.4. The molecule has 2 aliphatic carbocycles. The molecule has 0 radical (unpaired) electrons. The predicted molar refractivity (Wildman–Crippen MR) is 54.5 cm³/mol. The first-order valence-electron chi connectivity index (χ1n) is 4.74. The van der Waals surface area contributed by atoms with E-state index in [0.717, 1.165) is 11.8 Å². The highest BCUT2D eigenvalue weighted by Gasteiger charge is 2.45. The fraction of sp³-hybridized carbons (Fsp3) is 0.667. The normalized spacial score (nSPS) is 27.4. The summed E-state index contributed by atoms with van der Waals surface area (Å²) in [6.07, 6.45) is 9.19. The van der Waals surface area contributed by atoms with Gasteiger partial charge >= 0.3 is 15.5 Å². The van der Waals surface area contributed by atoms with Crippen molar-refractivity contribution in [3.63, 3.8) is 0 Å². The highest BCUT2D eigenvalue weighted by atomic mass is 32.2. The number of halogens is 3. The lowest BCUT2D eigenvalue weighted by Crippen LogP contribution is -2.19. The van der Waals surface area contributed by atoms with Crippen LogP contribution >= 0.6 is 0 Å². The summed E-state index contributed by atoms with van der Waals surface area (Å²) >= 11 is 0. The Morgan fingerprint density at radius 3 is 1.69 bits per heavy atom. The zero-order valence-corrected chi connectivity index (χ0v) is 9.26. The molecule has 1 saturated carbocycles. The van der Waals surface area contributed by atoms with Crippen molar-refractivity contribution in [1.82, 2.24) is 0 Å². The van der Waals surface area contributed by atoms with Crippen LogP contribution in [0.4, 0.5) is 13.2 Å². The average Bonchev–Trinajstić information content (AvgIpc) is 2.80. The number of alkyl halides is 3. The second-order valence-corrected chi connectivity index (χ2v) is 5.44. The van der Waals surface area contributed by atoms with Crippen molar-refractivity contribution in [2.75, 3.05) is 0 Å². The van der Waals surface area contributed by atoms with Crippen LogP contribution in [0.25, 0.3) is 0 Å². The quantitative estimate of drug-likeness (QED) is 0.534. The number of allylic oxidation sites excluding steroid dienone is 2. The van der Waals surface area contributed by atoms with Gasteiger partial charge in [0, 0.05) is 6.72 Å². The van der Waals surface area contributed by atoms with Gasteiger partial charge in [-0.05, 0) is 31.1 Å². The maximum absolute atomic E-state index is 11.1. The summed E-state index contributed by atoms with van der Waals surface area (Å²) in [5.74, 6) is 1.98. The average molecular weight is 255 g/mol. The van der Waals surface area contributed by atoms with E-state index in [2.05, 4.69) is 18.9 Å². The smallest absolute Gasteiger partial charge is 0.195 e. The molecule has 0 aromatic heterocycles. The van der Waals surface area contributed by atoms with Gasteiger partial charge < -0.3 is 0 Å². The second-order valence-electron chi connectivity index (χ2n) is 3.77. The summed E-state index contributed by atoms with van der Waals surface area (Å²) in [7, 11) is -5.32. The zero-order valence-electron chi connectivity index (χ0n) is 8.44. The molecule has 0 spiro atoms. The molecule has 2 atom stereocenters. The molecule has 0 heterocycles. The lowest BCUT2D eigenvalue weighted by Gasteiger charge is -1.99. The highest BCUT2D eigenvalue weighted by molar-refractivity contribution is 7.91. The maximum Gasteiger partial charge on any atom is 0.518 e. The Labute approximate surface area is 92.1 Å². The van der Waals surface area contributed by atoms with Crippen LogP contribution in [0.1, 0.15) is 19.3 Å². The maximum atomic E-state index is 11.1. The Morgan fingerprint density at radius 1 is 1.19 bits per heavy atom. The van der Waals surface area contributed by atoms with Crippen molar-refractivity contribution >= 4 is 16.7 Å². The number of rotatable bonds is 1. The van der Waals surface area contributed by atoms with Crippen LogP contribution in [0.2, 0.25) is 0 Å². The molecule has 2 aliphatic rings.